The smallest absolute Gasteiger partial charge is 0.410 e. The average Bonchev–Trinajstić information content (AvgIpc) is 3.31. The van der Waals surface area contributed by atoms with E-state index in [4.69, 9.17) is 4.74 Å². The Balaban J connectivity index is 1.33. The molecule has 29 heavy (non-hydrogen) atoms. The van der Waals surface area contributed by atoms with Gasteiger partial charge in [0.2, 0.25) is 0 Å². The molecule has 3 heterocycles. The lowest BCUT2D eigenvalue weighted by Gasteiger charge is -2.35. The molecule has 3 aromatic rings. The summed E-state index contributed by atoms with van der Waals surface area (Å²) in [6.07, 6.45) is 9.18. The second-order valence-corrected chi connectivity index (χ2v) is 8.81. The zero-order chi connectivity index (χ0) is 20.6. The van der Waals surface area contributed by atoms with Crippen LogP contribution in [0.2, 0.25) is 0 Å². The van der Waals surface area contributed by atoms with Gasteiger partial charge in [-0.15, -0.1) is 10.2 Å². The molecule has 0 bridgehead atoms. The first-order chi connectivity index (χ1) is 13.8. The van der Waals surface area contributed by atoms with Gasteiger partial charge in [-0.2, -0.15) is 0 Å². The van der Waals surface area contributed by atoms with Gasteiger partial charge in [0.1, 0.15) is 11.9 Å². The van der Waals surface area contributed by atoms with Crippen molar-refractivity contribution in [3.05, 3.63) is 24.3 Å². The lowest BCUT2D eigenvalue weighted by molar-refractivity contribution is 0.0179. The number of H-pyrrole nitrogens is 1. The fourth-order valence-corrected chi connectivity index (χ4v) is 3.98. The first kappa shape index (κ1) is 19.6. The minimum atomic E-state index is -0.464. The van der Waals surface area contributed by atoms with Crippen molar-refractivity contribution >= 4 is 22.9 Å². The third-order valence-corrected chi connectivity index (χ3v) is 5.54. The number of nitrogens with zero attached hydrogens (tertiary/aromatic N) is 5. The number of fused-ring (bicyclic) bond motifs is 3. The summed E-state index contributed by atoms with van der Waals surface area (Å²) in [5.41, 5.74) is 3.26. The standard InChI is InChI=1S/C20H29N7O2/c1-20(2,3)29-19(28)26(4)15-7-5-14(6-8-15)21-9-13-10-22-18-17(13)27-12-24-25-16(27)11-23-18/h10-12,14-15,21-22H,5-9H2,1-4H3. The fourth-order valence-electron chi connectivity index (χ4n) is 3.98. The Labute approximate surface area is 169 Å². The lowest BCUT2D eigenvalue weighted by atomic mass is 9.90. The number of amides is 1. The molecule has 0 atom stereocenters. The zero-order valence-corrected chi connectivity index (χ0v) is 17.5. The first-order valence-corrected chi connectivity index (χ1v) is 10.2. The summed E-state index contributed by atoms with van der Waals surface area (Å²) in [4.78, 5) is 21.7. The summed E-state index contributed by atoms with van der Waals surface area (Å²) in [6, 6.07) is 0.660. The van der Waals surface area contributed by atoms with Crippen molar-refractivity contribution in [2.24, 2.45) is 0 Å². The van der Waals surface area contributed by atoms with Crippen LogP contribution >= 0.6 is 0 Å². The SMILES string of the molecule is CN(C(=O)OC(C)(C)C)C1CCC(NCc2c[nH]c3ncc4nncn4c23)CC1. The van der Waals surface area contributed by atoms with Gasteiger partial charge in [0.25, 0.3) is 0 Å². The molecule has 9 heteroatoms. The van der Waals surface area contributed by atoms with Gasteiger partial charge in [0.05, 0.1) is 11.7 Å². The highest BCUT2D eigenvalue weighted by atomic mass is 16.6. The largest absolute Gasteiger partial charge is 0.444 e. The van der Waals surface area contributed by atoms with E-state index in [-0.39, 0.29) is 12.1 Å². The lowest BCUT2D eigenvalue weighted by Crippen LogP contribution is -2.44. The van der Waals surface area contributed by atoms with Crippen LogP contribution in [-0.4, -0.2) is 60.3 Å². The van der Waals surface area contributed by atoms with Crippen LogP contribution in [0.1, 0.15) is 52.0 Å². The van der Waals surface area contributed by atoms with Gasteiger partial charge < -0.3 is 19.9 Å². The molecule has 1 fully saturated rings. The third-order valence-electron chi connectivity index (χ3n) is 5.54. The number of aromatic nitrogens is 5. The maximum Gasteiger partial charge on any atom is 0.410 e. The summed E-state index contributed by atoms with van der Waals surface area (Å²) in [5.74, 6) is 0. The third kappa shape index (κ3) is 4.19. The van der Waals surface area contributed by atoms with E-state index in [2.05, 4.69) is 25.5 Å². The van der Waals surface area contributed by atoms with Crippen molar-refractivity contribution in [2.75, 3.05) is 7.05 Å². The van der Waals surface area contributed by atoms with Crippen LogP contribution in [0.3, 0.4) is 0 Å². The number of hydrogen-bond donors (Lipinski definition) is 2. The average molecular weight is 399 g/mol. The molecule has 0 aliphatic heterocycles. The van der Waals surface area contributed by atoms with Crippen molar-refractivity contribution in [1.29, 1.82) is 0 Å². The first-order valence-electron chi connectivity index (χ1n) is 10.2. The Kier molecular flexibility index (Phi) is 5.16. The van der Waals surface area contributed by atoms with E-state index >= 15 is 0 Å². The minimum absolute atomic E-state index is 0.233. The molecule has 1 amide bonds. The molecule has 1 saturated carbocycles. The summed E-state index contributed by atoms with van der Waals surface area (Å²) in [5, 5.41) is 11.7. The molecular weight excluding hydrogens is 370 g/mol. The molecule has 0 spiro atoms. The van der Waals surface area contributed by atoms with Gasteiger partial charge in [-0.3, -0.25) is 4.40 Å². The molecule has 1 aliphatic rings. The van der Waals surface area contributed by atoms with E-state index in [0.29, 0.717) is 6.04 Å². The Morgan fingerprint density at radius 1 is 1.34 bits per heavy atom. The fraction of sp³-hybridized carbons (Fsp3) is 0.600. The molecule has 156 valence electrons. The number of aromatic amines is 1. The van der Waals surface area contributed by atoms with Crippen molar-refractivity contribution in [1.82, 2.24) is 34.8 Å². The van der Waals surface area contributed by atoms with E-state index in [1.54, 1.807) is 17.4 Å². The van der Waals surface area contributed by atoms with E-state index in [9.17, 15) is 4.79 Å². The van der Waals surface area contributed by atoms with Crippen molar-refractivity contribution in [3.8, 4) is 0 Å². The van der Waals surface area contributed by atoms with E-state index < -0.39 is 5.60 Å². The van der Waals surface area contributed by atoms with Crippen LogP contribution in [0.15, 0.2) is 18.7 Å². The zero-order valence-electron chi connectivity index (χ0n) is 17.5. The van der Waals surface area contributed by atoms with Gasteiger partial charge in [-0.1, -0.05) is 0 Å². The summed E-state index contributed by atoms with van der Waals surface area (Å²) < 4.78 is 7.46. The number of ether oxygens (including phenoxy) is 1. The maximum absolute atomic E-state index is 12.3. The molecule has 1 aliphatic carbocycles. The van der Waals surface area contributed by atoms with Crippen LogP contribution in [0.25, 0.3) is 16.8 Å². The number of carbonyl (C=O) groups is 1. The molecule has 4 rings (SSSR count). The summed E-state index contributed by atoms with van der Waals surface area (Å²) >= 11 is 0. The highest BCUT2D eigenvalue weighted by molar-refractivity contribution is 5.78. The van der Waals surface area contributed by atoms with Crippen LogP contribution in [0, 0.1) is 0 Å². The van der Waals surface area contributed by atoms with Crippen molar-refractivity contribution < 1.29 is 9.53 Å². The number of rotatable bonds is 4. The van der Waals surface area contributed by atoms with Crippen LogP contribution < -0.4 is 5.32 Å². The second-order valence-electron chi connectivity index (χ2n) is 8.81. The quantitative estimate of drug-likeness (QED) is 0.700. The normalized spacial score (nSPS) is 20.3. The van der Waals surface area contributed by atoms with Gasteiger partial charge >= 0.3 is 6.09 Å². The Morgan fingerprint density at radius 2 is 2.10 bits per heavy atom. The Morgan fingerprint density at radius 3 is 2.83 bits per heavy atom. The monoisotopic (exact) mass is 399 g/mol. The van der Waals surface area contributed by atoms with Gasteiger partial charge in [0.15, 0.2) is 11.3 Å². The van der Waals surface area contributed by atoms with Crippen LogP contribution in [0.4, 0.5) is 4.79 Å². The summed E-state index contributed by atoms with van der Waals surface area (Å²) in [7, 11) is 1.84. The predicted molar refractivity (Wildman–Crippen MR) is 110 cm³/mol. The molecule has 0 unspecified atom stereocenters. The molecule has 2 N–H and O–H groups in total. The van der Waals surface area contributed by atoms with Crippen molar-refractivity contribution in [3.63, 3.8) is 0 Å². The van der Waals surface area contributed by atoms with Crippen LogP contribution in [0.5, 0.6) is 0 Å². The molecule has 0 aromatic carbocycles. The predicted octanol–water partition coefficient (Wildman–Crippen LogP) is 2.87. The molecule has 0 radical (unpaired) electrons. The highest BCUT2D eigenvalue weighted by Gasteiger charge is 2.29. The van der Waals surface area contributed by atoms with Crippen molar-refractivity contribution in [2.45, 2.75) is 70.7 Å². The Bertz CT molecular complexity index is 995. The van der Waals surface area contributed by atoms with Crippen LogP contribution in [-0.2, 0) is 11.3 Å². The van der Waals surface area contributed by atoms with E-state index in [1.165, 1.54) is 0 Å². The molecular formula is C20H29N7O2. The summed E-state index contributed by atoms with van der Waals surface area (Å²) in [6.45, 7) is 6.43. The van der Waals surface area contributed by atoms with Gasteiger partial charge in [0, 0.05) is 37.4 Å². The topological polar surface area (TPSA) is 100 Å². The number of hydrogen-bond acceptors (Lipinski definition) is 6. The molecule has 0 saturated heterocycles. The molecule has 9 nitrogen and oxygen atoms in total. The maximum atomic E-state index is 12.3. The Hall–Kier alpha value is -2.68. The highest BCUT2D eigenvalue weighted by Crippen LogP contribution is 2.25. The second kappa shape index (κ2) is 7.62. The van der Waals surface area contributed by atoms with E-state index in [0.717, 1.165) is 54.6 Å². The number of nitrogens with one attached hydrogen (secondary N) is 2. The van der Waals surface area contributed by atoms with Gasteiger partial charge in [-0.05, 0) is 46.5 Å². The number of carbonyl (C=O) groups excluding carboxylic acids is 1. The molecule has 3 aromatic heterocycles. The van der Waals surface area contributed by atoms with Gasteiger partial charge in [-0.25, -0.2) is 9.78 Å². The van der Waals surface area contributed by atoms with E-state index in [1.807, 2.05) is 38.4 Å². The minimum Gasteiger partial charge on any atom is -0.444 e.